The van der Waals surface area contributed by atoms with Crippen molar-refractivity contribution >= 4 is 17.2 Å². The monoisotopic (exact) mass is 585 g/mol. The number of carbonyl (C=O) groups excluding carboxylic acids is 1. The van der Waals surface area contributed by atoms with Crippen LogP contribution in [0.25, 0.3) is 0 Å². The molecule has 5 saturated carbocycles. The summed E-state index contributed by atoms with van der Waals surface area (Å²) in [5, 5.41) is 22.5. The Bertz CT molecular complexity index is 1180. The Morgan fingerprint density at radius 3 is 2.46 bits per heavy atom. The first-order chi connectivity index (χ1) is 19.5. The van der Waals surface area contributed by atoms with Gasteiger partial charge in [0, 0.05) is 5.56 Å². The van der Waals surface area contributed by atoms with Crippen molar-refractivity contribution in [1.82, 2.24) is 4.72 Å². The maximum atomic E-state index is 12.6. The van der Waals surface area contributed by atoms with Gasteiger partial charge < -0.3 is 10.2 Å². The number of hydrogen-bond donors (Lipinski definition) is 4. The number of fused-ring (bicyclic) bond motifs is 5. The van der Waals surface area contributed by atoms with Crippen molar-refractivity contribution in [3.8, 4) is 0 Å². The number of rotatable bonds is 7. The van der Waals surface area contributed by atoms with E-state index in [1.165, 1.54) is 25.7 Å². The zero-order valence-corrected chi connectivity index (χ0v) is 26.1. The zero-order chi connectivity index (χ0) is 29.3. The largest absolute Gasteiger partial charge is 0.393 e. The summed E-state index contributed by atoms with van der Waals surface area (Å²) in [5.41, 5.74) is 2.00. The van der Waals surface area contributed by atoms with Crippen molar-refractivity contribution in [2.24, 2.45) is 58.2 Å². The molecule has 1 aromatic carbocycles. The number of amides is 1. The van der Waals surface area contributed by atoms with Crippen molar-refractivity contribution in [2.75, 3.05) is 0 Å². The highest BCUT2D eigenvalue weighted by Gasteiger charge is 2.65. The molecule has 0 heterocycles. The third kappa shape index (κ3) is 4.95. The lowest BCUT2D eigenvalue weighted by Gasteiger charge is -2.64. The van der Waals surface area contributed by atoms with Crippen LogP contribution >= 0.6 is 0 Å². The van der Waals surface area contributed by atoms with Gasteiger partial charge in [0.05, 0.1) is 12.2 Å². The molecule has 0 radical (unpaired) electrons. The summed E-state index contributed by atoms with van der Waals surface area (Å²) in [6.07, 6.45) is 10.5. The second-order valence-electron chi connectivity index (χ2n) is 15.2. The lowest BCUT2D eigenvalue weighted by Crippen LogP contribution is -2.62. The third-order valence-corrected chi connectivity index (χ3v) is 13.9. The van der Waals surface area contributed by atoms with Crippen molar-refractivity contribution in [1.29, 1.82) is 0 Å². The summed E-state index contributed by atoms with van der Waals surface area (Å²) < 4.78 is 22.5. The highest BCUT2D eigenvalue weighted by Crippen LogP contribution is 2.70. The SMILES string of the molecule is CC[C@@H]1C2C[C@H](O)CCC2(C)C2CC[C@@]3(C)C(CC[C@@H]3[C@H](C)CC3CC3c3ccccc3C(=O)NS(=O)O)C2[C@@H]1O. The van der Waals surface area contributed by atoms with Gasteiger partial charge in [0.1, 0.15) is 0 Å². The molecule has 5 fully saturated rings. The minimum Gasteiger partial charge on any atom is -0.393 e. The predicted octanol–water partition coefficient (Wildman–Crippen LogP) is 6.31. The molecule has 0 saturated heterocycles. The van der Waals surface area contributed by atoms with Gasteiger partial charge in [-0.25, -0.2) is 8.93 Å². The molecule has 41 heavy (non-hydrogen) atoms. The maximum Gasteiger partial charge on any atom is 0.264 e. The van der Waals surface area contributed by atoms with Crippen molar-refractivity contribution in [3.05, 3.63) is 35.4 Å². The molecule has 228 valence electrons. The van der Waals surface area contributed by atoms with E-state index in [0.717, 1.165) is 44.1 Å². The van der Waals surface area contributed by atoms with Crippen molar-refractivity contribution < 1.29 is 23.8 Å². The molecule has 14 atom stereocenters. The standard InChI is InChI=1S/C34H51NO5S/c1-5-22-29-18-21(36)12-14-34(29,4)28-13-15-33(3)26(10-11-27(33)30(28)31(22)37)19(2)16-20-17-25(20)23-8-6-7-9-24(23)32(38)35-41(39)40/h6-9,19-22,25-31,36-37H,5,10-18H2,1-4H3,(H,35,38)(H,39,40)/t19-,20?,21-,22-,25?,26-,27?,28?,29?,30?,31-,33-,34?/m1/s1. The quantitative estimate of drug-likeness (QED) is 0.281. The van der Waals surface area contributed by atoms with Gasteiger partial charge in [0.2, 0.25) is 0 Å². The Hall–Kier alpha value is -1.28. The second kappa shape index (κ2) is 11.0. The van der Waals surface area contributed by atoms with Crippen molar-refractivity contribution in [2.45, 2.75) is 110 Å². The Labute approximate surface area is 248 Å². The smallest absolute Gasteiger partial charge is 0.264 e. The van der Waals surface area contributed by atoms with Gasteiger partial charge in [0.15, 0.2) is 0 Å². The van der Waals surface area contributed by atoms with Crippen LogP contribution in [0.2, 0.25) is 0 Å². The summed E-state index contributed by atoms with van der Waals surface area (Å²) in [6, 6.07) is 7.54. The topological polar surface area (TPSA) is 107 Å². The molecule has 8 unspecified atom stereocenters. The van der Waals surface area contributed by atoms with Crippen LogP contribution in [0.5, 0.6) is 0 Å². The summed E-state index contributed by atoms with van der Waals surface area (Å²) >= 11 is -2.37. The minimum atomic E-state index is -2.37. The molecule has 5 aliphatic carbocycles. The molecule has 1 amide bonds. The van der Waals surface area contributed by atoms with E-state index in [0.29, 0.717) is 58.8 Å². The first-order valence-electron chi connectivity index (χ1n) is 16.4. The van der Waals surface area contributed by atoms with Gasteiger partial charge in [-0.05, 0) is 134 Å². The zero-order valence-electron chi connectivity index (χ0n) is 25.3. The molecule has 7 heteroatoms. The average molecular weight is 586 g/mol. The Morgan fingerprint density at radius 2 is 1.73 bits per heavy atom. The Balaban J connectivity index is 1.17. The molecule has 6 rings (SSSR count). The number of carbonyl (C=O) groups is 1. The molecule has 0 aliphatic heterocycles. The number of nitrogens with one attached hydrogen (secondary N) is 1. The molecule has 0 aromatic heterocycles. The lowest BCUT2D eigenvalue weighted by atomic mass is 9.41. The van der Waals surface area contributed by atoms with E-state index in [2.05, 4.69) is 32.4 Å². The van der Waals surface area contributed by atoms with Gasteiger partial charge in [-0.15, -0.1) is 0 Å². The van der Waals surface area contributed by atoms with Gasteiger partial charge in [-0.3, -0.25) is 9.35 Å². The number of aliphatic hydroxyl groups excluding tert-OH is 2. The van der Waals surface area contributed by atoms with E-state index in [1.807, 2.05) is 18.2 Å². The maximum absolute atomic E-state index is 12.6. The minimum absolute atomic E-state index is 0.206. The summed E-state index contributed by atoms with van der Waals surface area (Å²) in [4.78, 5) is 12.6. The van der Waals surface area contributed by atoms with E-state index in [4.69, 9.17) is 4.55 Å². The number of benzene rings is 1. The van der Waals surface area contributed by atoms with Crippen LogP contribution in [0.3, 0.4) is 0 Å². The summed E-state index contributed by atoms with van der Waals surface area (Å²) in [6.45, 7) is 9.75. The molecular weight excluding hydrogens is 534 g/mol. The molecule has 1 aromatic rings. The fourth-order valence-electron chi connectivity index (χ4n) is 11.6. The fourth-order valence-corrected chi connectivity index (χ4v) is 11.9. The van der Waals surface area contributed by atoms with Crippen LogP contribution in [0.1, 0.15) is 114 Å². The third-order valence-electron chi connectivity index (χ3n) is 13.5. The predicted molar refractivity (Wildman–Crippen MR) is 161 cm³/mol. The number of aliphatic hydroxyl groups is 2. The van der Waals surface area contributed by atoms with Crippen LogP contribution < -0.4 is 4.72 Å². The van der Waals surface area contributed by atoms with E-state index >= 15 is 0 Å². The Kier molecular flexibility index (Phi) is 8.00. The van der Waals surface area contributed by atoms with Crippen LogP contribution in [-0.2, 0) is 11.3 Å². The van der Waals surface area contributed by atoms with E-state index in [1.54, 1.807) is 6.07 Å². The fraction of sp³-hybridized carbons (Fsp3) is 0.794. The van der Waals surface area contributed by atoms with E-state index in [-0.39, 0.29) is 23.0 Å². The van der Waals surface area contributed by atoms with E-state index < -0.39 is 17.2 Å². The van der Waals surface area contributed by atoms with Gasteiger partial charge >= 0.3 is 0 Å². The summed E-state index contributed by atoms with van der Waals surface area (Å²) in [5.74, 6) is 3.85. The van der Waals surface area contributed by atoms with Crippen LogP contribution in [0.4, 0.5) is 0 Å². The first kappa shape index (κ1) is 29.8. The molecule has 0 bridgehead atoms. The molecule has 4 N–H and O–H groups in total. The first-order valence-corrected chi connectivity index (χ1v) is 17.5. The second-order valence-corrected chi connectivity index (χ2v) is 15.9. The van der Waals surface area contributed by atoms with E-state index in [9.17, 15) is 19.2 Å². The lowest BCUT2D eigenvalue weighted by molar-refractivity contribution is -0.203. The van der Waals surface area contributed by atoms with Gasteiger partial charge in [-0.2, -0.15) is 0 Å². The van der Waals surface area contributed by atoms with Crippen LogP contribution in [0, 0.1) is 58.2 Å². The van der Waals surface area contributed by atoms with Gasteiger partial charge in [-0.1, -0.05) is 52.3 Å². The molecule has 6 nitrogen and oxygen atoms in total. The normalized spacial score (nSPS) is 46.5. The number of hydrogen-bond acceptors (Lipinski definition) is 4. The highest BCUT2D eigenvalue weighted by atomic mass is 32.2. The highest BCUT2D eigenvalue weighted by molar-refractivity contribution is 7.77. The molecular formula is C34H51NO5S. The average Bonchev–Trinajstić information content (AvgIpc) is 3.59. The van der Waals surface area contributed by atoms with Crippen LogP contribution in [-0.4, -0.2) is 37.1 Å². The molecule has 0 spiro atoms. The summed E-state index contributed by atoms with van der Waals surface area (Å²) in [7, 11) is 0. The van der Waals surface area contributed by atoms with Crippen molar-refractivity contribution in [3.63, 3.8) is 0 Å². The molecule has 5 aliphatic rings. The van der Waals surface area contributed by atoms with Crippen LogP contribution in [0.15, 0.2) is 24.3 Å². The van der Waals surface area contributed by atoms with Gasteiger partial charge in [0.25, 0.3) is 17.2 Å². The Morgan fingerprint density at radius 1 is 1.02 bits per heavy atom.